The van der Waals surface area contributed by atoms with Crippen LogP contribution in [0, 0.1) is 6.92 Å². The summed E-state index contributed by atoms with van der Waals surface area (Å²) < 4.78 is 5.55. The average molecular weight is 326 g/mol. The monoisotopic (exact) mass is 326 g/mol. The van der Waals surface area contributed by atoms with Crippen LogP contribution in [0.25, 0.3) is 0 Å². The minimum Gasteiger partial charge on any atom is -0.484 e. The molecule has 1 amide bonds. The van der Waals surface area contributed by atoms with E-state index in [0.29, 0.717) is 11.7 Å². The molecular weight excluding hydrogens is 304 g/mol. The van der Waals surface area contributed by atoms with Gasteiger partial charge in [0.1, 0.15) is 5.75 Å². The predicted molar refractivity (Wildman–Crippen MR) is 92.1 cm³/mol. The summed E-state index contributed by atoms with van der Waals surface area (Å²) in [6.45, 7) is 3.66. The van der Waals surface area contributed by atoms with Crippen LogP contribution in [0.2, 0.25) is 0 Å². The van der Waals surface area contributed by atoms with E-state index in [4.69, 9.17) is 4.74 Å². The molecule has 0 unspecified atom stereocenters. The van der Waals surface area contributed by atoms with Crippen LogP contribution in [0.1, 0.15) is 18.4 Å². The highest BCUT2D eigenvalue weighted by molar-refractivity contribution is 5.78. The van der Waals surface area contributed by atoms with Gasteiger partial charge in [-0.15, -0.1) is 0 Å². The third-order valence-corrected chi connectivity index (χ3v) is 3.98. The zero-order valence-corrected chi connectivity index (χ0v) is 13.8. The van der Waals surface area contributed by atoms with Crippen molar-refractivity contribution in [3.8, 4) is 5.75 Å². The number of anilines is 1. The number of hydrogen-bond donors (Lipinski definition) is 1. The Hall–Kier alpha value is -2.63. The van der Waals surface area contributed by atoms with Crippen LogP contribution in [-0.4, -0.2) is 41.6 Å². The number of amides is 1. The van der Waals surface area contributed by atoms with Crippen LogP contribution < -0.4 is 15.0 Å². The van der Waals surface area contributed by atoms with Gasteiger partial charge in [0.15, 0.2) is 6.61 Å². The maximum Gasteiger partial charge on any atom is 0.258 e. The van der Waals surface area contributed by atoms with E-state index in [-0.39, 0.29) is 18.6 Å². The predicted octanol–water partition coefficient (Wildman–Crippen LogP) is 1.95. The lowest BCUT2D eigenvalue weighted by atomic mass is 10.1. The quantitative estimate of drug-likeness (QED) is 0.909. The fourth-order valence-corrected chi connectivity index (χ4v) is 2.85. The molecule has 1 aliphatic heterocycles. The van der Waals surface area contributed by atoms with Gasteiger partial charge in [0.25, 0.3) is 5.91 Å². The summed E-state index contributed by atoms with van der Waals surface area (Å²) in [6.07, 6.45) is 5.43. The van der Waals surface area contributed by atoms with Crippen molar-refractivity contribution in [1.29, 1.82) is 0 Å². The van der Waals surface area contributed by atoms with Crippen molar-refractivity contribution in [2.24, 2.45) is 0 Å². The van der Waals surface area contributed by atoms with Gasteiger partial charge in [-0.25, -0.2) is 9.97 Å². The Morgan fingerprint density at radius 2 is 2.17 bits per heavy atom. The van der Waals surface area contributed by atoms with Crippen molar-refractivity contribution < 1.29 is 9.53 Å². The van der Waals surface area contributed by atoms with Gasteiger partial charge in [0.05, 0.1) is 0 Å². The molecule has 24 heavy (non-hydrogen) atoms. The van der Waals surface area contributed by atoms with Crippen molar-refractivity contribution in [2.75, 3.05) is 24.6 Å². The molecule has 1 aliphatic rings. The number of carbonyl (C=O) groups is 1. The standard InChI is InChI=1S/C18H22N4O2/c1-14-5-2-7-16(11-14)24-13-17(23)21-15-6-3-10-22(12-15)18-19-8-4-9-20-18/h2,4-5,7-9,11,15H,3,6,10,12-13H2,1H3,(H,21,23)/t15-/m0/s1. The number of hydrogen-bond acceptors (Lipinski definition) is 5. The molecule has 1 aromatic heterocycles. The molecule has 1 atom stereocenters. The molecule has 0 aliphatic carbocycles. The summed E-state index contributed by atoms with van der Waals surface area (Å²) in [5.41, 5.74) is 1.11. The van der Waals surface area contributed by atoms with Gasteiger partial charge < -0.3 is 15.0 Å². The third-order valence-electron chi connectivity index (χ3n) is 3.98. The lowest BCUT2D eigenvalue weighted by molar-refractivity contribution is -0.123. The van der Waals surface area contributed by atoms with E-state index < -0.39 is 0 Å². The number of piperidine rings is 1. The Morgan fingerprint density at radius 1 is 1.33 bits per heavy atom. The minimum atomic E-state index is -0.0997. The smallest absolute Gasteiger partial charge is 0.258 e. The molecular formula is C18H22N4O2. The first kappa shape index (κ1) is 16.2. The number of carbonyl (C=O) groups excluding carboxylic acids is 1. The van der Waals surface area contributed by atoms with Crippen molar-refractivity contribution in [1.82, 2.24) is 15.3 Å². The first-order valence-electron chi connectivity index (χ1n) is 8.21. The van der Waals surface area contributed by atoms with Crippen LogP contribution in [-0.2, 0) is 4.79 Å². The Kier molecular flexibility index (Phi) is 5.25. The Bertz CT molecular complexity index is 678. The molecule has 1 aromatic carbocycles. The van der Waals surface area contributed by atoms with Gasteiger partial charge in [-0.05, 0) is 43.5 Å². The number of ether oxygens (including phenoxy) is 1. The fraction of sp³-hybridized carbons (Fsp3) is 0.389. The largest absolute Gasteiger partial charge is 0.484 e. The van der Waals surface area contributed by atoms with Crippen molar-refractivity contribution >= 4 is 11.9 Å². The Labute approximate surface area is 141 Å². The van der Waals surface area contributed by atoms with Gasteiger partial charge in [0, 0.05) is 31.5 Å². The number of aryl methyl sites for hydroxylation is 1. The lowest BCUT2D eigenvalue weighted by Crippen LogP contribution is -2.49. The zero-order valence-electron chi connectivity index (χ0n) is 13.8. The Balaban J connectivity index is 1.49. The van der Waals surface area contributed by atoms with Crippen LogP contribution in [0.5, 0.6) is 5.75 Å². The van der Waals surface area contributed by atoms with Crippen LogP contribution in [0.15, 0.2) is 42.7 Å². The molecule has 6 heteroatoms. The number of aromatic nitrogens is 2. The molecule has 6 nitrogen and oxygen atoms in total. The van der Waals surface area contributed by atoms with Crippen LogP contribution in [0.3, 0.4) is 0 Å². The normalized spacial score (nSPS) is 17.4. The summed E-state index contributed by atoms with van der Waals surface area (Å²) in [4.78, 5) is 22.8. The van der Waals surface area contributed by atoms with Crippen molar-refractivity contribution in [2.45, 2.75) is 25.8 Å². The van der Waals surface area contributed by atoms with Crippen molar-refractivity contribution in [3.63, 3.8) is 0 Å². The van der Waals surface area contributed by atoms with Gasteiger partial charge in [-0.2, -0.15) is 0 Å². The van der Waals surface area contributed by atoms with E-state index in [9.17, 15) is 4.79 Å². The highest BCUT2D eigenvalue weighted by Gasteiger charge is 2.23. The first-order chi connectivity index (χ1) is 11.7. The lowest BCUT2D eigenvalue weighted by Gasteiger charge is -2.33. The van der Waals surface area contributed by atoms with Gasteiger partial charge >= 0.3 is 0 Å². The summed E-state index contributed by atoms with van der Waals surface area (Å²) >= 11 is 0. The Morgan fingerprint density at radius 3 is 2.96 bits per heavy atom. The molecule has 1 N–H and O–H groups in total. The number of benzene rings is 1. The first-order valence-corrected chi connectivity index (χ1v) is 8.21. The second-order valence-electron chi connectivity index (χ2n) is 6.01. The van der Waals surface area contributed by atoms with E-state index in [1.54, 1.807) is 18.5 Å². The maximum absolute atomic E-state index is 12.1. The molecule has 126 valence electrons. The van der Waals surface area contributed by atoms with Crippen molar-refractivity contribution in [3.05, 3.63) is 48.3 Å². The van der Waals surface area contributed by atoms with E-state index in [1.165, 1.54) is 0 Å². The molecule has 3 rings (SSSR count). The number of rotatable bonds is 5. The van der Waals surface area contributed by atoms with Crippen LogP contribution in [0.4, 0.5) is 5.95 Å². The topological polar surface area (TPSA) is 67.3 Å². The maximum atomic E-state index is 12.1. The van der Waals surface area contributed by atoms with E-state index >= 15 is 0 Å². The second-order valence-corrected chi connectivity index (χ2v) is 6.01. The molecule has 2 heterocycles. The highest BCUT2D eigenvalue weighted by atomic mass is 16.5. The van der Waals surface area contributed by atoms with Gasteiger partial charge in [0.2, 0.25) is 5.95 Å². The zero-order chi connectivity index (χ0) is 16.8. The highest BCUT2D eigenvalue weighted by Crippen LogP contribution is 2.15. The summed E-state index contributed by atoms with van der Waals surface area (Å²) in [6, 6.07) is 9.58. The van der Waals surface area contributed by atoms with Gasteiger partial charge in [-0.3, -0.25) is 4.79 Å². The summed E-state index contributed by atoms with van der Waals surface area (Å²) in [7, 11) is 0. The van der Waals surface area contributed by atoms with E-state index in [0.717, 1.165) is 31.5 Å². The van der Waals surface area contributed by atoms with Crippen LogP contribution >= 0.6 is 0 Å². The summed E-state index contributed by atoms with van der Waals surface area (Å²) in [5, 5.41) is 3.04. The molecule has 0 bridgehead atoms. The number of nitrogens with one attached hydrogen (secondary N) is 1. The third kappa shape index (κ3) is 4.44. The second kappa shape index (κ2) is 7.77. The average Bonchev–Trinajstić information content (AvgIpc) is 2.61. The fourth-order valence-electron chi connectivity index (χ4n) is 2.85. The molecule has 1 saturated heterocycles. The van der Waals surface area contributed by atoms with E-state index in [1.807, 2.05) is 31.2 Å². The molecule has 0 saturated carbocycles. The molecule has 2 aromatic rings. The molecule has 0 radical (unpaired) electrons. The minimum absolute atomic E-state index is 0.0296. The van der Waals surface area contributed by atoms with Gasteiger partial charge in [-0.1, -0.05) is 12.1 Å². The summed E-state index contributed by atoms with van der Waals surface area (Å²) in [5.74, 6) is 1.33. The number of nitrogens with zero attached hydrogens (tertiary/aromatic N) is 3. The molecule has 1 fully saturated rings. The molecule has 0 spiro atoms. The van der Waals surface area contributed by atoms with E-state index in [2.05, 4.69) is 20.2 Å². The SMILES string of the molecule is Cc1cccc(OCC(=O)N[C@H]2CCCN(c3ncccn3)C2)c1.